The molecule has 2 aromatic heterocycles. The van der Waals surface area contributed by atoms with Crippen molar-refractivity contribution in [2.24, 2.45) is 0 Å². The van der Waals surface area contributed by atoms with E-state index in [4.69, 9.17) is 5.26 Å². The number of hydrogen-bond acceptors (Lipinski definition) is 4. The second-order valence-electron chi connectivity index (χ2n) is 2.76. The molecule has 0 aromatic carbocycles. The molecule has 0 atom stereocenters. The van der Waals surface area contributed by atoms with Gasteiger partial charge in [-0.1, -0.05) is 6.07 Å². The van der Waals surface area contributed by atoms with Crippen LogP contribution >= 0.6 is 11.8 Å². The van der Waals surface area contributed by atoms with Gasteiger partial charge >= 0.3 is 0 Å². The fourth-order valence-electron chi connectivity index (χ4n) is 1.22. The molecule has 4 heteroatoms. The molecule has 2 aromatic rings. The lowest BCUT2D eigenvalue weighted by molar-refractivity contribution is 1.19. The molecule has 0 saturated heterocycles. The highest BCUT2D eigenvalue weighted by Gasteiger charge is 2.06. The maximum atomic E-state index is 8.66. The van der Waals surface area contributed by atoms with Crippen LogP contribution in [0.1, 0.15) is 0 Å². The van der Waals surface area contributed by atoms with Crippen LogP contribution in [0.5, 0.6) is 0 Å². The number of rotatable bonds is 2. The zero-order valence-electron chi connectivity index (χ0n) is 7.79. The summed E-state index contributed by atoms with van der Waals surface area (Å²) < 4.78 is 0. The van der Waals surface area contributed by atoms with Crippen molar-refractivity contribution in [3.8, 4) is 16.8 Å². The lowest BCUT2D eigenvalue weighted by Gasteiger charge is -2.02. The Kier molecular flexibility index (Phi) is 2.96. The lowest BCUT2D eigenvalue weighted by Crippen LogP contribution is -1.88. The minimum absolute atomic E-state index is 0.754. The van der Waals surface area contributed by atoms with Crippen molar-refractivity contribution < 1.29 is 0 Å². The predicted octanol–water partition coefficient (Wildman–Crippen LogP) is 2.72. The van der Waals surface area contributed by atoms with Crippen LogP contribution in [0.4, 0.5) is 0 Å². The number of thiocyanates is 1. The van der Waals surface area contributed by atoms with E-state index in [1.54, 1.807) is 12.4 Å². The minimum Gasteiger partial charge on any atom is -0.255 e. The van der Waals surface area contributed by atoms with Gasteiger partial charge in [0, 0.05) is 12.4 Å². The Morgan fingerprint density at radius 1 is 1.07 bits per heavy atom. The number of nitrogens with zero attached hydrogens (tertiary/aromatic N) is 3. The largest absolute Gasteiger partial charge is 0.255 e. The first-order chi connectivity index (χ1) is 7.42. The van der Waals surface area contributed by atoms with Gasteiger partial charge in [-0.05, 0) is 36.0 Å². The van der Waals surface area contributed by atoms with Crippen molar-refractivity contribution in [2.75, 3.05) is 0 Å². The van der Waals surface area contributed by atoms with Gasteiger partial charge in [0.15, 0.2) is 0 Å². The van der Waals surface area contributed by atoms with Crippen LogP contribution in [0.15, 0.2) is 47.6 Å². The van der Waals surface area contributed by atoms with Crippen LogP contribution in [0, 0.1) is 10.7 Å². The van der Waals surface area contributed by atoms with Crippen LogP contribution in [0.3, 0.4) is 0 Å². The third kappa shape index (κ3) is 2.14. The summed E-state index contributed by atoms with van der Waals surface area (Å²) in [5, 5.41) is 10.7. The van der Waals surface area contributed by atoms with E-state index in [1.807, 2.05) is 35.7 Å². The predicted molar refractivity (Wildman–Crippen MR) is 58.9 cm³/mol. The first-order valence-electron chi connectivity index (χ1n) is 4.34. The first kappa shape index (κ1) is 9.69. The highest BCUT2D eigenvalue weighted by atomic mass is 32.2. The zero-order chi connectivity index (χ0) is 10.5. The average Bonchev–Trinajstić information content (AvgIpc) is 2.31. The van der Waals surface area contributed by atoms with E-state index in [9.17, 15) is 0 Å². The molecule has 2 rings (SSSR count). The second-order valence-corrected chi connectivity index (χ2v) is 3.58. The monoisotopic (exact) mass is 213 g/mol. The molecule has 0 aliphatic carbocycles. The summed E-state index contributed by atoms with van der Waals surface area (Å²) >= 11 is 1.10. The molecule has 0 saturated carbocycles. The highest BCUT2D eigenvalue weighted by Crippen LogP contribution is 2.26. The van der Waals surface area contributed by atoms with E-state index >= 15 is 0 Å². The van der Waals surface area contributed by atoms with Crippen molar-refractivity contribution in [2.45, 2.75) is 4.90 Å². The number of thioether (sulfide) groups is 1. The minimum atomic E-state index is 0.754. The summed E-state index contributed by atoms with van der Waals surface area (Å²) in [6, 6.07) is 9.31. The fraction of sp³-hybridized carbons (Fsp3) is 0. The van der Waals surface area contributed by atoms with E-state index < -0.39 is 0 Å². The van der Waals surface area contributed by atoms with Gasteiger partial charge in [-0.3, -0.25) is 9.97 Å². The second kappa shape index (κ2) is 4.58. The molecule has 0 aliphatic rings. The Morgan fingerprint density at radius 3 is 2.67 bits per heavy atom. The summed E-state index contributed by atoms with van der Waals surface area (Å²) in [4.78, 5) is 9.27. The van der Waals surface area contributed by atoms with Crippen LogP contribution in [0.25, 0.3) is 11.4 Å². The molecule has 0 spiro atoms. The van der Waals surface area contributed by atoms with Gasteiger partial charge in [0.05, 0.1) is 10.6 Å². The van der Waals surface area contributed by atoms with Gasteiger partial charge in [0.2, 0.25) is 0 Å². The fourth-order valence-corrected chi connectivity index (χ4v) is 1.72. The smallest absolute Gasteiger partial charge is 0.138 e. The molecule has 0 radical (unpaired) electrons. The SMILES string of the molecule is N#CSc1cccnc1-c1ccccn1. The Balaban J connectivity index is 2.49. The molecule has 2 heterocycles. The Bertz CT molecular complexity index is 491. The van der Waals surface area contributed by atoms with Gasteiger partial charge in [0.25, 0.3) is 0 Å². The van der Waals surface area contributed by atoms with Crippen molar-refractivity contribution in [3.63, 3.8) is 0 Å². The molecule has 3 nitrogen and oxygen atoms in total. The normalized spacial score (nSPS) is 9.53. The molecule has 0 unspecified atom stereocenters. The van der Waals surface area contributed by atoms with Gasteiger partial charge < -0.3 is 0 Å². The maximum absolute atomic E-state index is 8.66. The summed E-state index contributed by atoms with van der Waals surface area (Å²) in [5.74, 6) is 0. The van der Waals surface area contributed by atoms with Gasteiger partial charge in [-0.25, -0.2) is 0 Å². The standard InChI is InChI=1S/C11H7N3S/c12-8-15-10-5-3-7-14-11(10)9-4-1-2-6-13-9/h1-7H. The van der Waals surface area contributed by atoms with Gasteiger partial charge in [-0.2, -0.15) is 5.26 Å². The van der Waals surface area contributed by atoms with Crippen LogP contribution in [-0.2, 0) is 0 Å². The van der Waals surface area contributed by atoms with Gasteiger partial charge in [-0.15, -0.1) is 0 Å². The van der Waals surface area contributed by atoms with E-state index in [1.165, 1.54) is 0 Å². The summed E-state index contributed by atoms with van der Waals surface area (Å²) in [5.41, 5.74) is 1.54. The Labute approximate surface area is 91.8 Å². The molecular weight excluding hydrogens is 206 g/mol. The van der Waals surface area contributed by atoms with Gasteiger partial charge in [0.1, 0.15) is 11.1 Å². The van der Waals surface area contributed by atoms with Crippen LogP contribution in [0.2, 0.25) is 0 Å². The van der Waals surface area contributed by atoms with E-state index in [-0.39, 0.29) is 0 Å². The summed E-state index contributed by atoms with van der Waals surface area (Å²) in [7, 11) is 0. The van der Waals surface area contributed by atoms with Crippen molar-refractivity contribution in [1.82, 2.24) is 9.97 Å². The Morgan fingerprint density at radius 2 is 1.93 bits per heavy atom. The van der Waals surface area contributed by atoms with E-state index in [0.29, 0.717) is 0 Å². The number of hydrogen-bond donors (Lipinski definition) is 0. The number of aromatic nitrogens is 2. The third-order valence-corrected chi connectivity index (χ3v) is 2.47. The maximum Gasteiger partial charge on any atom is 0.138 e. The number of nitriles is 1. The molecule has 0 bridgehead atoms. The lowest BCUT2D eigenvalue weighted by atomic mass is 10.2. The van der Waals surface area contributed by atoms with Crippen molar-refractivity contribution >= 4 is 11.8 Å². The molecular formula is C11H7N3S. The topological polar surface area (TPSA) is 49.6 Å². The number of pyridine rings is 2. The summed E-state index contributed by atoms with van der Waals surface area (Å²) in [6.45, 7) is 0. The quantitative estimate of drug-likeness (QED) is 0.568. The molecule has 0 aliphatic heterocycles. The third-order valence-electron chi connectivity index (χ3n) is 1.83. The first-order valence-corrected chi connectivity index (χ1v) is 5.16. The van der Waals surface area contributed by atoms with Crippen LogP contribution < -0.4 is 0 Å². The zero-order valence-corrected chi connectivity index (χ0v) is 8.61. The van der Waals surface area contributed by atoms with Crippen LogP contribution in [-0.4, -0.2) is 9.97 Å². The highest BCUT2D eigenvalue weighted by molar-refractivity contribution is 8.03. The molecule has 0 N–H and O–H groups in total. The average molecular weight is 213 g/mol. The van der Waals surface area contributed by atoms with Crippen molar-refractivity contribution in [3.05, 3.63) is 42.7 Å². The summed E-state index contributed by atoms with van der Waals surface area (Å²) in [6.07, 6.45) is 3.41. The van der Waals surface area contributed by atoms with E-state index in [0.717, 1.165) is 28.0 Å². The molecule has 0 amide bonds. The molecule has 72 valence electrons. The van der Waals surface area contributed by atoms with Crippen molar-refractivity contribution in [1.29, 1.82) is 5.26 Å². The molecule has 0 fully saturated rings. The van der Waals surface area contributed by atoms with E-state index in [2.05, 4.69) is 9.97 Å². The Hall–Kier alpha value is -1.86. The molecule has 15 heavy (non-hydrogen) atoms.